The maximum absolute atomic E-state index is 11.4. The van der Waals surface area contributed by atoms with E-state index in [1.165, 1.54) is 5.56 Å². The van der Waals surface area contributed by atoms with Gasteiger partial charge in [0.1, 0.15) is 12.0 Å². The molecule has 0 aromatic heterocycles. The van der Waals surface area contributed by atoms with Crippen molar-refractivity contribution in [2.24, 2.45) is 5.92 Å². The summed E-state index contributed by atoms with van der Waals surface area (Å²) >= 11 is 0. The molecule has 2 atom stereocenters. The van der Waals surface area contributed by atoms with E-state index in [0.29, 0.717) is 31.3 Å². The van der Waals surface area contributed by atoms with Crippen molar-refractivity contribution in [3.8, 4) is 5.75 Å². The van der Waals surface area contributed by atoms with Crippen LogP contribution in [0.4, 0.5) is 0 Å². The number of carbonyl (C=O) groups excluding carboxylic acids is 2. The zero-order valence-corrected chi connectivity index (χ0v) is 14.1. The first-order valence-electron chi connectivity index (χ1n) is 8.66. The van der Waals surface area contributed by atoms with Gasteiger partial charge in [-0.1, -0.05) is 32.4 Å². The number of nitrogens with one attached hydrogen (secondary N) is 1. The summed E-state index contributed by atoms with van der Waals surface area (Å²) in [7, 11) is 0. The van der Waals surface area contributed by atoms with Gasteiger partial charge in [0.25, 0.3) is 0 Å². The first-order valence-corrected chi connectivity index (χ1v) is 8.66. The van der Waals surface area contributed by atoms with Gasteiger partial charge >= 0.3 is 0 Å². The molecule has 0 spiro atoms. The molecule has 1 amide bonds. The minimum atomic E-state index is 0.0976. The maximum Gasteiger partial charge on any atom is 0.219 e. The number of amides is 1. The Morgan fingerprint density at radius 3 is 2.91 bits per heavy atom. The zero-order valence-electron chi connectivity index (χ0n) is 14.1. The predicted molar refractivity (Wildman–Crippen MR) is 90.8 cm³/mol. The standard InChI is InChI=1S/C19H27NO3/c1-3-5-11-23-18-8-6-7-15(16(18)9-10-21)17-12-14(17)13-20-19(22)4-2/h6-8,10,14,17H,3-5,9,11-13H2,1-2H3,(H,20,22)/t14-,17+/m0/s1. The molecule has 23 heavy (non-hydrogen) atoms. The molecule has 0 heterocycles. The van der Waals surface area contributed by atoms with E-state index < -0.39 is 0 Å². The number of ether oxygens (including phenoxy) is 1. The largest absolute Gasteiger partial charge is 0.493 e. The Kier molecular flexibility index (Phi) is 6.63. The number of hydrogen-bond acceptors (Lipinski definition) is 3. The lowest BCUT2D eigenvalue weighted by atomic mass is 9.98. The van der Waals surface area contributed by atoms with Gasteiger partial charge in [-0.05, 0) is 36.3 Å². The Hall–Kier alpha value is -1.84. The van der Waals surface area contributed by atoms with Gasteiger partial charge < -0.3 is 14.8 Å². The molecule has 0 bridgehead atoms. The van der Waals surface area contributed by atoms with Crippen LogP contribution in [0.2, 0.25) is 0 Å². The van der Waals surface area contributed by atoms with E-state index in [-0.39, 0.29) is 5.91 Å². The molecule has 4 heteroatoms. The van der Waals surface area contributed by atoms with Crippen molar-refractivity contribution < 1.29 is 14.3 Å². The molecule has 1 aliphatic rings. The van der Waals surface area contributed by atoms with Gasteiger partial charge in [0.15, 0.2) is 0 Å². The van der Waals surface area contributed by atoms with Crippen LogP contribution >= 0.6 is 0 Å². The molecule has 126 valence electrons. The minimum absolute atomic E-state index is 0.0976. The molecular weight excluding hydrogens is 290 g/mol. The summed E-state index contributed by atoms with van der Waals surface area (Å²) in [6.07, 6.45) is 5.02. The molecule has 1 aliphatic carbocycles. The fourth-order valence-electron chi connectivity index (χ4n) is 2.92. The van der Waals surface area contributed by atoms with Crippen LogP contribution in [0.15, 0.2) is 18.2 Å². The van der Waals surface area contributed by atoms with E-state index in [9.17, 15) is 9.59 Å². The van der Waals surface area contributed by atoms with Crippen LogP contribution in [0, 0.1) is 5.92 Å². The first-order chi connectivity index (χ1) is 11.2. The van der Waals surface area contributed by atoms with Gasteiger partial charge in [0, 0.05) is 24.9 Å². The van der Waals surface area contributed by atoms with Crippen molar-refractivity contribution in [3.63, 3.8) is 0 Å². The average molecular weight is 317 g/mol. The fraction of sp³-hybridized carbons (Fsp3) is 0.579. The van der Waals surface area contributed by atoms with Crippen LogP contribution in [0.1, 0.15) is 56.6 Å². The van der Waals surface area contributed by atoms with Gasteiger partial charge in [0.2, 0.25) is 5.91 Å². The average Bonchev–Trinajstić information content (AvgIpc) is 3.33. The van der Waals surface area contributed by atoms with E-state index >= 15 is 0 Å². The molecule has 1 fully saturated rings. The monoisotopic (exact) mass is 317 g/mol. The Labute approximate surface area is 138 Å². The summed E-state index contributed by atoms with van der Waals surface area (Å²) in [5, 5.41) is 2.96. The van der Waals surface area contributed by atoms with Crippen LogP contribution in [0.5, 0.6) is 5.75 Å². The van der Waals surface area contributed by atoms with Crippen LogP contribution in [0.25, 0.3) is 0 Å². The van der Waals surface area contributed by atoms with Crippen LogP contribution in [-0.2, 0) is 16.0 Å². The molecule has 4 nitrogen and oxygen atoms in total. The number of aldehydes is 1. The van der Waals surface area contributed by atoms with Crippen molar-refractivity contribution in [1.82, 2.24) is 5.32 Å². The van der Waals surface area contributed by atoms with Gasteiger partial charge in [-0.15, -0.1) is 0 Å². The van der Waals surface area contributed by atoms with Gasteiger partial charge in [0.05, 0.1) is 6.61 Å². The van der Waals surface area contributed by atoms with Gasteiger partial charge in [-0.3, -0.25) is 4.79 Å². The number of carbonyl (C=O) groups is 2. The van der Waals surface area contributed by atoms with E-state index in [0.717, 1.165) is 43.4 Å². The molecule has 2 rings (SSSR count). The molecule has 0 radical (unpaired) electrons. The summed E-state index contributed by atoms with van der Waals surface area (Å²) < 4.78 is 5.87. The second-order valence-corrected chi connectivity index (χ2v) is 6.16. The molecule has 1 N–H and O–H groups in total. The van der Waals surface area contributed by atoms with Gasteiger partial charge in [-0.25, -0.2) is 0 Å². The fourth-order valence-corrected chi connectivity index (χ4v) is 2.92. The molecule has 1 saturated carbocycles. The number of hydrogen-bond donors (Lipinski definition) is 1. The highest BCUT2D eigenvalue weighted by Gasteiger charge is 2.39. The third kappa shape index (κ3) is 4.81. The second-order valence-electron chi connectivity index (χ2n) is 6.16. The number of rotatable bonds is 10. The van der Waals surface area contributed by atoms with Crippen LogP contribution in [0.3, 0.4) is 0 Å². The molecule has 1 aromatic carbocycles. The van der Waals surface area contributed by atoms with E-state index in [4.69, 9.17) is 4.74 Å². The topological polar surface area (TPSA) is 55.4 Å². The highest BCUT2D eigenvalue weighted by Crippen LogP contribution is 2.49. The van der Waals surface area contributed by atoms with Crippen molar-refractivity contribution in [2.45, 2.75) is 51.9 Å². The normalized spacial score (nSPS) is 19.2. The van der Waals surface area contributed by atoms with Gasteiger partial charge in [-0.2, -0.15) is 0 Å². The minimum Gasteiger partial charge on any atom is -0.493 e. The summed E-state index contributed by atoms with van der Waals surface area (Å²) in [4.78, 5) is 22.5. The quantitative estimate of drug-likeness (QED) is 0.532. The highest BCUT2D eigenvalue weighted by atomic mass is 16.5. The number of benzene rings is 1. The van der Waals surface area contributed by atoms with E-state index in [1.807, 2.05) is 19.1 Å². The van der Waals surface area contributed by atoms with Crippen molar-refractivity contribution in [2.75, 3.05) is 13.2 Å². The lowest BCUT2D eigenvalue weighted by Crippen LogP contribution is -2.24. The Bertz CT molecular complexity index is 541. The van der Waals surface area contributed by atoms with E-state index in [2.05, 4.69) is 18.3 Å². The smallest absolute Gasteiger partial charge is 0.219 e. The molecule has 0 unspecified atom stereocenters. The lowest BCUT2D eigenvalue weighted by Gasteiger charge is -2.14. The SMILES string of the molecule is CCCCOc1cccc([C@@H]2C[C@H]2CNC(=O)CC)c1CC=O. The second kappa shape index (κ2) is 8.70. The first kappa shape index (κ1) is 17.5. The third-order valence-electron chi connectivity index (χ3n) is 4.42. The predicted octanol–water partition coefficient (Wildman–Crippen LogP) is 3.24. The van der Waals surface area contributed by atoms with Crippen LogP contribution in [-0.4, -0.2) is 25.3 Å². The van der Waals surface area contributed by atoms with Crippen LogP contribution < -0.4 is 10.1 Å². The summed E-state index contributed by atoms with van der Waals surface area (Å²) in [5.41, 5.74) is 2.23. The molecule has 1 aromatic rings. The van der Waals surface area contributed by atoms with Crippen molar-refractivity contribution in [1.29, 1.82) is 0 Å². The number of unbranched alkanes of at least 4 members (excludes halogenated alkanes) is 1. The van der Waals surface area contributed by atoms with Crippen molar-refractivity contribution >= 4 is 12.2 Å². The summed E-state index contributed by atoms with van der Waals surface area (Å²) in [6, 6.07) is 6.05. The third-order valence-corrected chi connectivity index (χ3v) is 4.42. The molecule has 0 aliphatic heterocycles. The zero-order chi connectivity index (χ0) is 16.7. The lowest BCUT2D eigenvalue weighted by molar-refractivity contribution is -0.120. The van der Waals surface area contributed by atoms with E-state index in [1.54, 1.807) is 0 Å². The maximum atomic E-state index is 11.4. The summed E-state index contributed by atoms with van der Waals surface area (Å²) in [6.45, 7) is 5.40. The Balaban J connectivity index is 2.05. The Morgan fingerprint density at radius 2 is 2.22 bits per heavy atom. The summed E-state index contributed by atoms with van der Waals surface area (Å²) in [5.74, 6) is 1.84. The molecular formula is C19H27NO3. The Morgan fingerprint density at radius 1 is 1.39 bits per heavy atom. The molecule has 0 saturated heterocycles. The van der Waals surface area contributed by atoms with Crippen molar-refractivity contribution in [3.05, 3.63) is 29.3 Å². The highest BCUT2D eigenvalue weighted by molar-refractivity contribution is 5.75.